The van der Waals surface area contributed by atoms with Gasteiger partial charge in [0.15, 0.2) is 12.3 Å². The van der Waals surface area contributed by atoms with Crippen molar-refractivity contribution in [3.8, 4) is 11.5 Å². The largest absolute Gasteiger partial charge is 0.484 e. The van der Waals surface area contributed by atoms with Gasteiger partial charge < -0.3 is 18.9 Å². The van der Waals surface area contributed by atoms with E-state index in [-0.39, 0.29) is 23.5 Å². The molecule has 1 fully saturated rings. The van der Waals surface area contributed by atoms with Gasteiger partial charge in [-0.3, -0.25) is 10.1 Å². The van der Waals surface area contributed by atoms with Crippen LogP contribution >= 0.6 is 0 Å². The van der Waals surface area contributed by atoms with E-state index in [0.29, 0.717) is 12.8 Å². The highest BCUT2D eigenvalue weighted by Gasteiger charge is 2.38. The number of benzene rings is 1. The Balaban J connectivity index is 2.27. The van der Waals surface area contributed by atoms with Crippen molar-refractivity contribution in [2.45, 2.75) is 76.8 Å². The molecule has 0 heterocycles. The maximum absolute atomic E-state index is 12.7. The molecule has 1 aliphatic carbocycles. The highest BCUT2D eigenvalue weighted by atomic mass is 19.4. The molecule has 0 radical (unpaired) electrons. The third-order valence-corrected chi connectivity index (χ3v) is 4.70. The molecule has 1 aromatic rings. The van der Waals surface area contributed by atoms with Crippen molar-refractivity contribution in [2.24, 2.45) is 0 Å². The van der Waals surface area contributed by atoms with Gasteiger partial charge in [-0.15, -0.1) is 0 Å². The van der Waals surface area contributed by atoms with Crippen molar-refractivity contribution in [3.05, 3.63) is 23.8 Å². The van der Waals surface area contributed by atoms with Gasteiger partial charge in [0.1, 0.15) is 17.1 Å². The number of alkyl halides is 3. The van der Waals surface area contributed by atoms with Gasteiger partial charge in [0, 0.05) is 24.5 Å². The first-order valence-corrected chi connectivity index (χ1v) is 10.4. The van der Waals surface area contributed by atoms with Gasteiger partial charge in [-0.25, -0.2) is 4.79 Å². The Kier molecular flexibility index (Phi) is 8.25. The number of halogens is 3. The lowest BCUT2D eigenvalue weighted by Crippen LogP contribution is -2.55. The molecule has 10 heteroatoms. The molecule has 0 atom stereocenters. The van der Waals surface area contributed by atoms with E-state index < -0.39 is 36.2 Å². The Labute approximate surface area is 185 Å². The van der Waals surface area contributed by atoms with Gasteiger partial charge >= 0.3 is 18.2 Å². The summed E-state index contributed by atoms with van der Waals surface area (Å²) in [7, 11) is 1.19. The van der Waals surface area contributed by atoms with Crippen molar-refractivity contribution in [2.75, 3.05) is 13.7 Å². The van der Waals surface area contributed by atoms with Crippen LogP contribution in [0.25, 0.3) is 0 Å². The first-order valence-electron chi connectivity index (χ1n) is 10.4. The maximum Gasteiger partial charge on any atom is 0.422 e. The average molecular weight is 461 g/mol. The lowest BCUT2D eigenvalue weighted by Gasteiger charge is -2.38. The van der Waals surface area contributed by atoms with Crippen molar-refractivity contribution in [3.63, 3.8) is 0 Å². The first-order chi connectivity index (χ1) is 14.8. The van der Waals surface area contributed by atoms with Gasteiger partial charge in [0.05, 0.1) is 13.5 Å². The smallest absolute Gasteiger partial charge is 0.422 e. The van der Waals surface area contributed by atoms with Gasteiger partial charge in [0.25, 0.3) is 0 Å². The van der Waals surface area contributed by atoms with Gasteiger partial charge in [-0.1, -0.05) is 12.5 Å². The van der Waals surface area contributed by atoms with Crippen LogP contribution in [0.5, 0.6) is 11.5 Å². The zero-order valence-electron chi connectivity index (χ0n) is 18.8. The van der Waals surface area contributed by atoms with Crippen molar-refractivity contribution in [1.29, 1.82) is 0 Å². The normalized spacial score (nSPS) is 16.1. The van der Waals surface area contributed by atoms with Crippen LogP contribution in [-0.2, 0) is 20.7 Å². The second-order valence-corrected chi connectivity index (χ2v) is 8.71. The van der Waals surface area contributed by atoms with Crippen LogP contribution in [-0.4, -0.2) is 43.3 Å². The van der Waals surface area contributed by atoms with E-state index in [9.17, 15) is 22.8 Å². The summed E-state index contributed by atoms with van der Waals surface area (Å²) in [5.74, 6) is -0.562. The molecular weight excluding hydrogens is 431 g/mol. The minimum Gasteiger partial charge on any atom is -0.484 e. The van der Waals surface area contributed by atoms with E-state index in [4.69, 9.17) is 14.2 Å². The molecule has 0 unspecified atom stereocenters. The molecule has 0 aliphatic heterocycles. The molecule has 0 bridgehead atoms. The van der Waals surface area contributed by atoms with E-state index in [1.165, 1.54) is 25.3 Å². The first kappa shape index (κ1) is 25.6. The number of carbonyl (C=O) groups excluding carboxylic acids is 2. The molecule has 1 aromatic carbocycles. The Morgan fingerprint density at radius 2 is 1.75 bits per heavy atom. The van der Waals surface area contributed by atoms with E-state index in [1.54, 1.807) is 20.8 Å². The quantitative estimate of drug-likeness (QED) is 0.459. The highest BCUT2D eigenvalue weighted by molar-refractivity contribution is 5.73. The zero-order chi connectivity index (χ0) is 24.0. The molecule has 0 aromatic heterocycles. The average Bonchev–Trinajstić information content (AvgIpc) is 2.66. The fourth-order valence-corrected chi connectivity index (χ4v) is 3.36. The molecular formula is C22H30F3NO6. The summed E-state index contributed by atoms with van der Waals surface area (Å²) < 4.78 is 59.1. The SMILES string of the molecule is COC(=O)Cc1ccc(OC2(NC(=O)OC(C)(C)C)CCCCC2)cc1OCC(F)(F)F. The van der Waals surface area contributed by atoms with Gasteiger partial charge in [-0.2, -0.15) is 13.2 Å². The van der Waals surface area contributed by atoms with Crippen LogP contribution in [0.1, 0.15) is 58.4 Å². The number of methoxy groups -OCH3 is 1. The number of amides is 1. The number of hydrogen-bond acceptors (Lipinski definition) is 6. The van der Waals surface area contributed by atoms with Crippen molar-refractivity contribution in [1.82, 2.24) is 5.32 Å². The zero-order valence-corrected chi connectivity index (χ0v) is 18.8. The third kappa shape index (κ3) is 8.47. The van der Waals surface area contributed by atoms with Crippen molar-refractivity contribution < 1.29 is 41.7 Å². The summed E-state index contributed by atoms with van der Waals surface area (Å²) in [6, 6.07) is 4.25. The van der Waals surface area contributed by atoms with Gasteiger partial charge in [0.2, 0.25) is 0 Å². The van der Waals surface area contributed by atoms with Crippen molar-refractivity contribution >= 4 is 12.1 Å². The summed E-state index contributed by atoms with van der Waals surface area (Å²) >= 11 is 0. The van der Waals surface area contributed by atoms with Crippen LogP contribution in [0.4, 0.5) is 18.0 Å². The van der Waals surface area contributed by atoms with Crippen LogP contribution in [0.15, 0.2) is 18.2 Å². The Morgan fingerprint density at radius 3 is 2.31 bits per heavy atom. The van der Waals surface area contributed by atoms with E-state index in [1.807, 2.05) is 0 Å². The minimum atomic E-state index is -4.55. The fourth-order valence-electron chi connectivity index (χ4n) is 3.36. The molecule has 1 aliphatic rings. The summed E-state index contributed by atoms with van der Waals surface area (Å²) in [5.41, 5.74) is -1.54. The summed E-state index contributed by atoms with van der Waals surface area (Å²) in [4.78, 5) is 24.0. The lowest BCUT2D eigenvalue weighted by atomic mass is 9.91. The predicted molar refractivity (Wildman–Crippen MR) is 110 cm³/mol. The monoisotopic (exact) mass is 461 g/mol. The standard InChI is InChI=1S/C22H30F3NO6/c1-20(2,3)32-19(28)26-21(10-6-5-7-11-21)31-16-9-8-15(12-18(27)29-4)17(13-16)30-14-22(23,24)25/h8-9,13H,5-7,10-12,14H2,1-4H3,(H,26,28). The maximum atomic E-state index is 12.7. The number of hydrogen-bond donors (Lipinski definition) is 1. The second kappa shape index (κ2) is 10.3. The van der Waals surface area contributed by atoms with Crippen LogP contribution in [0.3, 0.4) is 0 Å². The van der Waals surface area contributed by atoms with E-state index in [0.717, 1.165) is 19.3 Å². The van der Waals surface area contributed by atoms with Gasteiger partial charge in [-0.05, 0) is 39.7 Å². The van der Waals surface area contributed by atoms with E-state index >= 15 is 0 Å². The fraction of sp³-hybridized carbons (Fsp3) is 0.636. The summed E-state index contributed by atoms with van der Waals surface area (Å²) in [6.45, 7) is 3.70. The Bertz CT molecular complexity index is 798. The molecule has 180 valence electrons. The Hall–Kier alpha value is -2.65. The van der Waals surface area contributed by atoms with Crippen LogP contribution in [0, 0.1) is 0 Å². The van der Waals surface area contributed by atoms with Crippen LogP contribution < -0.4 is 14.8 Å². The lowest BCUT2D eigenvalue weighted by molar-refractivity contribution is -0.153. The highest BCUT2D eigenvalue weighted by Crippen LogP contribution is 2.34. The molecule has 1 saturated carbocycles. The Morgan fingerprint density at radius 1 is 1.09 bits per heavy atom. The topological polar surface area (TPSA) is 83.1 Å². The minimum absolute atomic E-state index is 0.145. The number of nitrogens with one attached hydrogen (secondary N) is 1. The third-order valence-electron chi connectivity index (χ3n) is 4.70. The second-order valence-electron chi connectivity index (χ2n) is 8.71. The summed E-state index contributed by atoms with van der Waals surface area (Å²) in [6.07, 6.45) is -1.87. The number of esters is 1. The number of rotatable bonds is 7. The molecule has 0 spiro atoms. The number of carbonyl (C=O) groups is 2. The number of alkyl carbamates (subject to hydrolysis) is 1. The predicted octanol–water partition coefficient (Wildman–Crippen LogP) is 4.91. The number of ether oxygens (including phenoxy) is 4. The summed E-state index contributed by atoms with van der Waals surface area (Å²) in [5, 5.41) is 2.79. The molecule has 32 heavy (non-hydrogen) atoms. The molecule has 7 nitrogen and oxygen atoms in total. The van der Waals surface area contributed by atoms with E-state index in [2.05, 4.69) is 10.1 Å². The molecule has 2 rings (SSSR count). The van der Waals surface area contributed by atoms with Crippen LogP contribution in [0.2, 0.25) is 0 Å². The molecule has 1 amide bonds. The molecule has 1 N–H and O–H groups in total. The molecule has 0 saturated heterocycles.